The standard InChI is InChI=1S/C22H14Cl3N3O2/c23-16-8-4-7-15(11-16)21(29)26-19(14-9-10-17(24)18(25)12-14)22-27-20(28-30-22)13-5-2-1-3-6-13/h1-12,19H,(H,26,29). The highest BCUT2D eigenvalue weighted by Gasteiger charge is 2.25. The number of hydrogen-bond acceptors (Lipinski definition) is 4. The quantitative estimate of drug-likeness (QED) is 0.386. The van der Waals surface area contributed by atoms with Crippen LogP contribution in [0.5, 0.6) is 0 Å². The van der Waals surface area contributed by atoms with Crippen LogP contribution in [0.3, 0.4) is 0 Å². The van der Waals surface area contributed by atoms with E-state index in [2.05, 4.69) is 15.5 Å². The Morgan fingerprint density at radius 3 is 2.43 bits per heavy atom. The lowest BCUT2D eigenvalue weighted by molar-refractivity contribution is 0.0936. The number of aromatic nitrogens is 2. The van der Waals surface area contributed by atoms with E-state index in [1.807, 2.05) is 30.3 Å². The van der Waals surface area contributed by atoms with E-state index in [-0.39, 0.29) is 11.8 Å². The molecular weight excluding hydrogens is 445 g/mol. The Kier molecular flexibility index (Phi) is 6.04. The summed E-state index contributed by atoms with van der Waals surface area (Å²) in [6.07, 6.45) is 0. The van der Waals surface area contributed by atoms with Gasteiger partial charge >= 0.3 is 0 Å². The molecular formula is C22H14Cl3N3O2. The van der Waals surface area contributed by atoms with Crippen LogP contribution in [0, 0.1) is 0 Å². The van der Waals surface area contributed by atoms with Gasteiger partial charge in [-0.1, -0.05) is 82.4 Å². The molecule has 4 aromatic rings. The fraction of sp³-hybridized carbons (Fsp3) is 0.0455. The fourth-order valence-corrected chi connectivity index (χ4v) is 3.38. The van der Waals surface area contributed by atoms with E-state index in [0.717, 1.165) is 5.56 Å². The van der Waals surface area contributed by atoms with Crippen LogP contribution in [-0.4, -0.2) is 16.0 Å². The molecule has 30 heavy (non-hydrogen) atoms. The molecule has 8 heteroatoms. The van der Waals surface area contributed by atoms with Gasteiger partial charge in [-0.15, -0.1) is 0 Å². The van der Waals surface area contributed by atoms with Crippen LogP contribution >= 0.6 is 34.8 Å². The Bertz CT molecular complexity index is 1200. The van der Waals surface area contributed by atoms with Crippen molar-refractivity contribution in [3.05, 3.63) is 105 Å². The number of carbonyl (C=O) groups excluding carboxylic acids is 1. The molecule has 1 N–H and O–H groups in total. The van der Waals surface area contributed by atoms with Crippen LogP contribution in [-0.2, 0) is 0 Å². The van der Waals surface area contributed by atoms with Gasteiger partial charge in [0.25, 0.3) is 11.8 Å². The lowest BCUT2D eigenvalue weighted by atomic mass is 10.1. The smallest absolute Gasteiger partial charge is 0.254 e. The molecule has 150 valence electrons. The van der Waals surface area contributed by atoms with Crippen molar-refractivity contribution >= 4 is 40.7 Å². The molecule has 0 fully saturated rings. The van der Waals surface area contributed by atoms with Crippen molar-refractivity contribution in [2.75, 3.05) is 0 Å². The molecule has 1 aromatic heterocycles. The normalized spacial score (nSPS) is 11.8. The first-order chi connectivity index (χ1) is 14.5. The van der Waals surface area contributed by atoms with Gasteiger partial charge in [0.05, 0.1) is 10.0 Å². The maximum absolute atomic E-state index is 12.9. The second-order valence-corrected chi connectivity index (χ2v) is 7.66. The zero-order valence-corrected chi connectivity index (χ0v) is 17.6. The van der Waals surface area contributed by atoms with Gasteiger partial charge in [-0.3, -0.25) is 4.79 Å². The highest BCUT2D eigenvalue weighted by atomic mass is 35.5. The van der Waals surface area contributed by atoms with E-state index >= 15 is 0 Å². The summed E-state index contributed by atoms with van der Waals surface area (Å²) in [7, 11) is 0. The van der Waals surface area contributed by atoms with E-state index in [0.29, 0.717) is 32.0 Å². The Labute approximate surface area is 187 Å². The second-order valence-electron chi connectivity index (χ2n) is 6.41. The van der Waals surface area contributed by atoms with Crippen molar-refractivity contribution in [3.63, 3.8) is 0 Å². The van der Waals surface area contributed by atoms with Crippen LogP contribution in [0.4, 0.5) is 0 Å². The molecule has 0 bridgehead atoms. The predicted molar refractivity (Wildman–Crippen MR) is 117 cm³/mol. The van der Waals surface area contributed by atoms with Crippen LogP contribution in [0.25, 0.3) is 11.4 Å². The molecule has 0 aliphatic carbocycles. The molecule has 0 spiro atoms. The monoisotopic (exact) mass is 457 g/mol. The first kappa shape index (κ1) is 20.4. The maximum atomic E-state index is 12.9. The largest absolute Gasteiger partial charge is 0.336 e. The molecule has 1 heterocycles. The van der Waals surface area contributed by atoms with E-state index in [9.17, 15) is 4.79 Å². The van der Waals surface area contributed by atoms with Crippen LogP contribution < -0.4 is 5.32 Å². The summed E-state index contributed by atoms with van der Waals surface area (Å²) in [4.78, 5) is 17.3. The van der Waals surface area contributed by atoms with Crippen molar-refractivity contribution in [2.45, 2.75) is 6.04 Å². The van der Waals surface area contributed by atoms with E-state index in [1.54, 1.807) is 42.5 Å². The van der Waals surface area contributed by atoms with Crippen LogP contribution in [0.15, 0.2) is 77.3 Å². The van der Waals surface area contributed by atoms with E-state index in [1.165, 1.54) is 0 Å². The lowest BCUT2D eigenvalue weighted by Crippen LogP contribution is -2.29. The van der Waals surface area contributed by atoms with Gasteiger partial charge in [-0.2, -0.15) is 4.98 Å². The number of carbonyl (C=O) groups is 1. The lowest BCUT2D eigenvalue weighted by Gasteiger charge is -2.16. The Morgan fingerprint density at radius 1 is 0.900 bits per heavy atom. The molecule has 1 atom stereocenters. The minimum Gasteiger partial charge on any atom is -0.336 e. The third-order valence-electron chi connectivity index (χ3n) is 4.36. The average Bonchev–Trinajstić information content (AvgIpc) is 3.24. The zero-order chi connectivity index (χ0) is 21.1. The zero-order valence-electron chi connectivity index (χ0n) is 15.4. The Hall–Kier alpha value is -2.86. The summed E-state index contributed by atoms with van der Waals surface area (Å²) in [6, 6.07) is 20.3. The summed E-state index contributed by atoms with van der Waals surface area (Å²) < 4.78 is 5.49. The molecule has 0 radical (unpaired) electrons. The summed E-state index contributed by atoms with van der Waals surface area (Å²) in [5, 5.41) is 8.16. The number of nitrogens with zero attached hydrogens (tertiary/aromatic N) is 2. The number of halogens is 3. The Balaban J connectivity index is 1.71. The maximum Gasteiger partial charge on any atom is 0.254 e. The molecule has 0 aliphatic heterocycles. The predicted octanol–water partition coefficient (Wildman–Crippen LogP) is 6.22. The molecule has 0 aliphatic rings. The van der Waals surface area contributed by atoms with Crippen LogP contribution in [0.1, 0.15) is 27.9 Å². The molecule has 3 aromatic carbocycles. The summed E-state index contributed by atoms with van der Waals surface area (Å²) in [5.74, 6) is 0.267. The highest BCUT2D eigenvalue weighted by molar-refractivity contribution is 6.42. The molecule has 1 unspecified atom stereocenters. The number of nitrogens with one attached hydrogen (secondary N) is 1. The van der Waals surface area contributed by atoms with Crippen molar-refractivity contribution in [1.29, 1.82) is 0 Å². The summed E-state index contributed by atoms with van der Waals surface area (Å²) >= 11 is 18.3. The third kappa shape index (κ3) is 4.49. The fourth-order valence-electron chi connectivity index (χ4n) is 2.88. The second kappa shape index (κ2) is 8.88. The molecule has 0 saturated heterocycles. The minimum atomic E-state index is -0.740. The van der Waals surface area contributed by atoms with Gasteiger partial charge in [0.2, 0.25) is 5.82 Å². The van der Waals surface area contributed by atoms with Gasteiger partial charge in [-0.05, 0) is 35.9 Å². The van der Waals surface area contributed by atoms with Gasteiger partial charge < -0.3 is 9.84 Å². The Morgan fingerprint density at radius 2 is 1.70 bits per heavy atom. The van der Waals surface area contributed by atoms with Gasteiger partial charge in [0.15, 0.2) is 0 Å². The molecule has 4 rings (SSSR count). The van der Waals surface area contributed by atoms with E-state index in [4.69, 9.17) is 39.3 Å². The third-order valence-corrected chi connectivity index (χ3v) is 5.33. The molecule has 5 nitrogen and oxygen atoms in total. The van der Waals surface area contributed by atoms with Crippen molar-refractivity contribution in [2.24, 2.45) is 0 Å². The number of rotatable bonds is 5. The highest BCUT2D eigenvalue weighted by Crippen LogP contribution is 2.29. The number of benzene rings is 3. The summed E-state index contributed by atoms with van der Waals surface area (Å²) in [5.41, 5.74) is 1.83. The van der Waals surface area contributed by atoms with Crippen molar-refractivity contribution < 1.29 is 9.32 Å². The first-order valence-corrected chi connectivity index (χ1v) is 10.0. The first-order valence-electron chi connectivity index (χ1n) is 8.91. The summed E-state index contributed by atoms with van der Waals surface area (Å²) in [6.45, 7) is 0. The van der Waals surface area contributed by atoms with Crippen molar-refractivity contribution in [3.8, 4) is 11.4 Å². The van der Waals surface area contributed by atoms with Crippen molar-refractivity contribution in [1.82, 2.24) is 15.5 Å². The average molecular weight is 459 g/mol. The van der Waals surface area contributed by atoms with Crippen LogP contribution in [0.2, 0.25) is 15.1 Å². The van der Waals surface area contributed by atoms with Gasteiger partial charge in [0.1, 0.15) is 6.04 Å². The number of hydrogen-bond donors (Lipinski definition) is 1. The minimum absolute atomic E-state index is 0.211. The van der Waals surface area contributed by atoms with Gasteiger partial charge in [-0.25, -0.2) is 0 Å². The molecule has 0 saturated carbocycles. The molecule has 1 amide bonds. The van der Waals surface area contributed by atoms with Gasteiger partial charge in [0, 0.05) is 16.1 Å². The number of amides is 1. The SMILES string of the molecule is O=C(NC(c1ccc(Cl)c(Cl)c1)c1nc(-c2ccccc2)no1)c1cccc(Cl)c1. The van der Waals surface area contributed by atoms with E-state index < -0.39 is 6.04 Å². The topological polar surface area (TPSA) is 68.0 Å².